The Labute approximate surface area is 153 Å². The van der Waals surface area contributed by atoms with Crippen molar-refractivity contribution in [2.45, 2.75) is 50.6 Å². The van der Waals surface area contributed by atoms with Gasteiger partial charge in [-0.25, -0.2) is 0 Å². The van der Waals surface area contributed by atoms with E-state index in [1.807, 2.05) is 18.2 Å². The Kier molecular flexibility index (Phi) is 5.06. The van der Waals surface area contributed by atoms with E-state index in [4.69, 9.17) is 11.0 Å². The summed E-state index contributed by atoms with van der Waals surface area (Å²) in [7, 11) is 0. The highest BCUT2D eigenvalue weighted by molar-refractivity contribution is 6.07. The number of nitrogens with one attached hydrogen (secondary N) is 1. The molecule has 1 unspecified atom stereocenters. The van der Waals surface area contributed by atoms with E-state index in [0.29, 0.717) is 24.0 Å². The second-order valence-corrected chi connectivity index (χ2v) is 7.14. The third-order valence-corrected chi connectivity index (χ3v) is 5.15. The smallest absolute Gasteiger partial charge is 0.237 e. The maximum Gasteiger partial charge on any atom is 0.237 e. The third-order valence-electron chi connectivity index (χ3n) is 5.15. The molecule has 0 heterocycles. The molecule has 1 saturated carbocycles. The van der Waals surface area contributed by atoms with Crippen LogP contribution in [0, 0.1) is 11.3 Å². The van der Waals surface area contributed by atoms with Gasteiger partial charge in [-0.3, -0.25) is 9.59 Å². The van der Waals surface area contributed by atoms with Crippen LogP contribution in [0.3, 0.4) is 0 Å². The predicted molar refractivity (Wildman–Crippen MR) is 101 cm³/mol. The number of nitrogens with zero attached hydrogens (tertiary/aromatic N) is 1. The molecule has 134 valence electrons. The maximum absolute atomic E-state index is 13.3. The van der Waals surface area contributed by atoms with Gasteiger partial charge in [-0.1, -0.05) is 37.5 Å². The lowest BCUT2D eigenvalue weighted by Crippen LogP contribution is -2.58. The SMILES string of the molecule is CC(N)C(=O)NC1(C(=O)c2ccc3cc(C#N)ccc3c2)CCCCC1. The van der Waals surface area contributed by atoms with Crippen LogP contribution in [0.5, 0.6) is 0 Å². The van der Waals surface area contributed by atoms with Gasteiger partial charge in [0.25, 0.3) is 0 Å². The minimum Gasteiger partial charge on any atom is -0.342 e. The number of nitrogens with two attached hydrogens (primary N) is 1. The number of hydrogen-bond acceptors (Lipinski definition) is 4. The van der Waals surface area contributed by atoms with Gasteiger partial charge in [0.1, 0.15) is 5.54 Å². The van der Waals surface area contributed by atoms with Gasteiger partial charge < -0.3 is 11.1 Å². The van der Waals surface area contributed by atoms with Crippen LogP contribution < -0.4 is 11.1 Å². The lowest BCUT2D eigenvalue weighted by atomic mass is 9.76. The number of rotatable bonds is 4. The molecule has 2 aromatic carbocycles. The summed E-state index contributed by atoms with van der Waals surface area (Å²) >= 11 is 0. The lowest BCUT2D eigenvalue weighted by molar-refractivity contribution is -0.123. The minimum atomic E-state index is -0.872. The van der Waals surface area contributed by atoms with Crippen LogP contribution in [-0.4, -0.2) is 23.3 Å². The van der Waals surface area contributed by atoms with E-state index < -0.39 is 11.6 Å². The molecule has 1 aliphatic carbocycles. The van der Waals surface area contributed by atoms with Crippen molar-refractivity contribution in [2.24, 2.45) is 5.73 Å². The summed E-state index contributed by atoms with van der Waals surface area (Å²) in [6.07, 6.45) is 4.15. The molecule has 0 saturated heterocycles. The van der Waals surface area contributed by atoms with Gasteiger partial charge in [0.05, 0.1) is 17.7 Å². The Balaban J connectivity index is 1.97. The summed E-state index contributed by atoms with van der Waals surface area (Å²) in [4.78, 5) is 25.6. The normalized spacial score (nSPS) is 17.3. The van der Waals surface area contributed by atoms with E-state index in [2.05, 4.69) is 11.4 Å². The highest BCUT2D eigenvalue weighted by Crippen LogP contribution is 2.32. The van der Waals surface area contributed by atoms with Crippen molar-refractivity contribution in [3.05, 3.63) is 47.5 Å². The number of hydrogen-bond donors (Lipinski definition) is 2. The third kappa shape index (κ3) is 3.47. The zero-order valence-electron chi connectivity index (χ0n) is 14.9. The van der Waals surface area contributed by atoms with E-state index in [1.54, 1.807) is 25.1 Å². The molecule has 3 rings (SSSR count). The van der Waals surface area contributed by atoms with Crippen molar-refractivity contribution in [1.29, 1.82) is 5.26 Å². The Bertz CT molecular complexity index is 890. The van der Waals surface area contributed by atoms with Crippen molar-refractivity contribution < 1.29 is 9.59 Å². The second kappa shape index (κ2) is 7.27. The largest absolute Gasteiger partial charge is 0.342 e. The summed E-state index contributed by atoms with van der Waals surface area (Å²) in [5, 5.41) is 13.8. The monoisotopic (exact) mass is 349 g/mol. The van der Waals surface area contributed by atoms with E-state index in [0.717, 1.165) is 30.0 Å². The van der Waals surface area contributed by atoms with E-state index in [1.165, 1.54) is 0 Å². The molecule has 0 bridgehead atoms. The predicted octanol–water partition coefficient (Wildman–Crippen LogP) is 3.06. The molecule has 5 nitrogen and oxygen atoms in total. The Morgan fingerprint density at radius 3 is 2.42 bits per heavy atom. The highest BCUT2D eigenvalue weighted by atomic mass is 16.2. The average molecular weight is 349 g/mol. The second-order valence-electron chi connectivity index (χ2n) is 7.14. The van der Waals surface area contributed by atoms with Gasteiger partial charge in [-0.15, -0.1) is 0 Å². The number of fused-ring (bicyclic) bond motifs is 1. The molecule has 0 radical (unpaired) electrons. The molecule has 0 aliphatic heterocycles. The molecule has 5 heteroatoms. The summed E-state index contributed by atoms with van der Waals surface area (Å²) in [6, 6.07) is 12.3. The number of ketones is 1. The molecule has 26 heavy (non-hydrogen) atoms. The summed E-state index contributed by atoms with van der Waals surface area (Å²) in [5.74, 6) is -0.350. The van der Waals surface area contributed by atoms with Crippen molar-refractivity contribution in [3.63, 3.8) is 0 Å². The van der Waals surface area contributed by atoms with Crippen LogP contribution in [0.25, 0.3) is 10.8 Å². The quantitative estimate of drug-likeness (QED) is 0.829. The van der Waals surface area contributed by atoms with Crippen LogP contribution in [0.2, 0.25) is 0 Å². The number of Topliss-reactive ketones (excluding diaryl/α,β-unsaturated/α-hetero) is 1. The molecule has 0 spiro atoms. The lowest BCUT2D eigenvalue weighted by Gasteiger charge is -2.37. The van der Waals surface area contributed by atoms with Gasteiger partial charge in [0, 0.05) is 5.56 Å². The van der Waals surface area contributed by atoms with Crippen molar-refractivity contribution in [3.8, 4) is 6.07 Å². The van der Waals surface area contributed by atoms with Crippen LogP contribution in [0.15, 0.2) is 36.4 Å². The highest BCUT2D eigenvalue weighted by Gasteiger charge is 2.41. The van der Waals surface area contributed by atoms with Gasteiger partial charge in [0.15, 0.2) is 5.78 Å². The maximum atomic E-state index is 13.3. The van der Waals surface area contributed by atoms with Crippen molar-refractivity contribution in [2.75, 3.05) is 0 Å². The van der Waals surface area contributed by atoms with Crippen LogP contribution in [-0.2, 0) is 4.79 Å². The number of carbonyl (C=O) groups is 2. The number of carbonyl (C=O) groups excluding carboxylic acids is 2. The van der Waals surface area contributed by atoms with Gasteiger partial charge in [0.2, 0.25) is 5.91 Å². The average Bonchev–Trinajstić information content (AvgIpc) is 2.67. The Morgan fingerprint density at radius 1 is 1.12 bits per heavy atom. The molecule has 1 amide bonds. The van der Waals surface area contributed by atoms with Crippen LogP contribution in [0.4, 0.5) is 0 Å². The molecule has 3 N–H and O–H groups in total. The van der Waals surface area contributed by atoms with Gasteiger partial charge in [-0.2, -0.15) is 5.26 Å². The Hall–Kier alpha value is -2.71. The molecule has 2 aromatic rings. The fraction of sp³-hybridized carbons (Fsp3) is 0.381. The summed E-state index contributed by atoms with van der Waals surface area (Å²) in [6.45, 7) is 1.62. The topological polar surface area (TPSA) is 96.0 Å². The van der Waals surface area contributed by atoms with Crippen LogP contribution in [0.1, 0.15) is 54.9 Å². The molecular weight excluding hydrogens is 326 g/mol. The van der Waals surface area contributed by atoms with E-state index >= 15 is 0 Å². The van der Waals surface area contributed by atoms with E-state index in [9.17, 15) is 9.59 Å². The first-order chi connectivity index (χ1) is 12.4. The summed E-state index contributed by atoms with van der Waals surface area (Å²) < 4.78 is 0. The first-order valence-electron chi connectivity index (χ1n) is 9.01. The summed E-state index contributed by atoms with van der Waals surface area (Å²) in [5.41, 5.74) is 6.00. The number of nitriles is 1. The van der Waals surface area contributed by atoms with Crippen LogP contribution >= 0.6 is 0 Å². The molecule has 1 fully saturated rings. The molecule has 0 aromatic heterocycles. The van der Waals surface area contributed by atoms with Gasteiger partial charge in [-0.05, 0) is 48.7 Å². The number of amides is 1. The first kappa shape index (κ1) is 18.1. The zero-order valence-corrected chi connectivity index (χ0v) is 14.9. The first-order valence-corrected chi connectivity index (χ1v) is 9.01. The standard InChI is InChI=1S/C21H23N3O2/c1-14(23)20(26)24-21(9-3-2-4-10-21)19(25)18-8-7-16-11-15(13-22)5-6-17(16)12-18/h5-8,11-12,14H,2-4,9-10,23H2,1H3,(H,24,26). The van der Waals surface area contributed by atoms with Crippen molar-refractivity contribution in [1.82, 2.24) is 5.32 Å². The Morgan fingerprint density at radius 2 is 1.77 bits per heavy atom. The molecule has 1 aliphatic rings. The molecule has 1 atom stereocenters. The van der Waals surface area contributed by atoms with Crippen molar-refractivity contribution >= 4 is 22.5 Å². The molecular formula is C21H23N3O2. The fourth-order valence-corrected chi connectivity index (χ4v) is 3.65. The minimum absolute atomic E-state index is 0.0579. The van der Waals surface area contributed by atoms with E-state index in [-0.39, 0.29) is 11.7 Å². The van der Waals surface area contributed by atoms with Gasteiger partial charge >= 0.3 is 0 Å². The number of benzene rings is 2. The zero-order chi connectivity index (χ0) is 18.7. The fourth-order valence-electron chi connectivity index (χ4n) is 3.65.